The summed E-state index contributed by atoms with van der Waals surface area (Å²) in [5.41, 5.74) is 0.439. The summed E-state index contributed by atoms with van der Waals surface area (Å²) in [7, 11) is 2.02. The van der Waals surface area contributed by atoms with Gasteiger partial charge in [-0.15, -0.1) is 0 Å². The van der Waals surface area contributed by atoms with Crippen LogP contribution in [0.3, 0.4) is 0 Å². The van der Waals surface area contributed by atoms with Crippen molar-refractivity contribution in [1.82, 2.24) is 5.32 Å². The third-order valence-corrected chi connectivity index (χ3v) is 2.52. The largest absolute Gasteiger partial charge is 0.317 e. The summed E-state index contributed by atoms with van der Waals surface area (Å²) in [6.07, 6.45) is 1.23. The molecular formula is C8H19N. The number of nitrogens with one attached hydrogen (secondary N) is 1. The average molecular weight is 129 g/mol. The lowest BCUT2D eigenvalue weighted by atomic mass is 9.83. The van der Waals surface area contributed by atoms with Gasteiger partial charge in [-0.1, -0.05) is 20.8 Å². The van der Waals surface area contributed by atoms with E-state index in [9.17, 15) is 0 Å². The first-order chi connectivity index (χ1) is 4.04. The molecule has 0 heterocycles. The average Bonchev–Trinajstić information content (AvgIpc) is 1.86. The van der Waals surface area contributed by atoms with Crippen LogP contribution in [0.4, 0.5) is 0 Å². The molecule has 0 saturated carbocycles. The van der Waals surface area contributed by atoms with Crippen molar-refractivity contribution in [3.63, 3.8) is 0 Å². The Morgan fingerprint density at radius 1 is 1.44 bits per heavy atom. The van der Waals surface area contributed by atoms with Crippen molar-refractivity contribution in [2.75, 3.05) is 7.05 Å². The fourth-order valence-corrected chi connectivity index (χ4v) is 0.697. The van der Waals surface area contributed by atoms with E-state index in [-0.39, 0.29) is 0 Å². The molecular weight excluding hydrogens is 110 g/mol. The minimum absolute atomic E-state index is 0.439. The first-order valence-corrected chi connectivity index (χ1v) is 3.72. The van der Waals surface area contributed by atoms with Crippen molar-refractivity contribution in [3.8, 4) is 0 Å². The third kappa shape index (κ3) is 2.35. The summed E-state index contributed by atoms with van der Waals surface area (Å²) in [6, 6.07) is 0.613. The fraction of sp³-hybridized carbons (Fsp3) is 1.00. The minimum Gasteiger partial charge on any atom is -0.317 e. The van der Waals surface area contributed by atoms with Crippen molar-refractivity contribution in [1.29, 1.82) is 0 Å². The van der Waals surface area contributed by atoms with Gasteiger partial charge in [-0.3, -0.25) is 0 Å². The fourth-order valence-electron chi connectivity index (χ4n) is 0.697. The maximum absolute atomic E-state index is 3.26. The van der Waals surface area contributed by atoms with Gasteiger partial charge in [-0.25, -0.2) is 0 Å². The number of hydrogen-bond donors (Lipinski definition) is 1. The van der Waals surface area contributed by atoms with Crippen molar-refractivity contribution >= 4 is 0 Å². The van der Waals surface area contributed by atoms with E-state index in [1.807, 2.05) is 7.05 Å². The van der Waals surface area contributed by atoms with E-state index < -0.39 is 0 Å². The van der Waals surface area contributed by atoms with Crippen LogP contribution in [0.25, 0.3) is 0 Å². The molecule has 0 spiro atoms. The monoisotopic (exact) mass is 129 g/mol. The molecule has 0 radical (unpaired) electrons. The van der Waals surface area contributed by atoms with Gasteiger partial charge in [0.15, 0.2) is 0 Å². The SMILES string of the molecule is CCC(C)(C)C(C)NC. The van der Waals surface area contributed by atoms with Gasteiger partial charge in [0.1, 0.15) is 0 Å². The summed E-state index contributed by atoms with van der Waals surface area (Å²) in [5.74, 6) is 0. The highest BCUT2D eigenvalue weighted by atomic mass is 14.9. The Hall–Kier alpha value is -0.0400. The Kier molecular flexibility index (Phi) is 3.20. The molecule has 0 saturated heterocycles. The van der Waals surface area contributed by atoms with Gasteiger partial charge >= 0.3 is 0 Å². The van der Waals surface area contributed by atoms with Gasteiger partial charge in [0, 0.05) is 6.04 Å². The highest BCUT2D eigenvalue weighted by Crippen LogP contribution is 2.23. The van der Waals surface area contributed by atoms with Crippen LogP contribution in [-0.4, -0.2) is 13.1 Å². The third-order valence-electron chi connectivity index (χ3n) is 2.52. The zero-order valence-corrected chi connectivity index (χ0v) is 7.28. The van der Waals surface area contributed by atoms with Crippen LogP contribution in [0.5, 0.6) is 0 Å². The van der Waals surface area contributed by atoms with E-state index in [2.05, 4.69) is 33.0 Å². The second-order valence-electron chi connectivity index (χ2n) is 3.35. The normalized spacial score (nSPS) is 15.7. The molecule has 0 aliphatic rings. The first kappa shape index (κ1) is 8.96. The van der Waals surface area contributed by atoms with Crippen LogP contribution in [0.1, 0.15) is 34.1 Å². The van der Waals surface area contributed by atoms with E-state index in [4.69, 9.17) is 0 Å². The van der Waals surface area contributed by atoms with Crippen LogP contribution >= 0.6 is 0 Å². The Labute approximate surface area is 58.8 Å². The molecule has 0 rings (SSSR count). The van der Waals surface area contributed by atoms with E-state index in [1.165, 1.54) is 6.42 Å². The van der Waals surface area contributed by atoms with Gasteiger partial charge in [0.05, 0.1) is 0 Å². The van der Waals surface area contributed by atoms with Gasteiger partial charge in [-0.2, -0.15) is 0 Å². The standard InChI is InChI=1S/C8H19N/c1-6-8(3,4)7(2)9-5/h7,9H,6H2,1-5H3. The second kappa shape index (κ2) is 3.21. The maximum Gasteiger partial charge on any atom is 0.00868 e. The molecule has 0 aromatic heterocycles. The van der Waals surface area contributed by atoms with Crippen molar-refractivity contribution in [3.05, 3.63) is 0 Å². The highest BCUT2D eigenvalue weighted by molar-refractivity contribution is 4.77. The lowest BCUT2D eigenvalue weighted by Gasteiger charge is -2.29. The molecule has 1 heteroatoms. The van der Waals surface area contributed by atoms with E-state index in [0.29, 0.717) is 11.5 Å². The summed E-state index contributed by atoms with van der Waals surface area (Å²) in [5, 5.41) is 3.26. The Bertz CT molecular complexity index is 76.6. The predicted octanol–water partition coefficient (Wildman–Crippen LogP) is 2.03. The molecule has 1 nitrogen and oxygen atoms in total. The first-order valence-electron chi connectivity index (χ1n) is 3.72. The quantitative estimate of drug-likeness (QED) is 0.615. The molecule has 0 aromatic rings. The van der Waals surface area contributed by atoms with E-state index in [0.717, 1.165) is 0 Å². The molecule has 0 aliphatic heterocycles. The zero-order valence-electron chi connectivity index (χ0n) is 7.28. The summed E-state index contributed by atoms with van der Waals surface area (Å²) < 4.78 is 0. The van der Waals surface area contributed by atoms with Gasteiger partial charge in [0.25, 0.3) is 0 Å². The summed E-state index contributed by atoms with van der Waals surface area (Å²) in [4.78, 5) is 0. The van der Waals surface area contributed by atoms with E-state index >= 15 is 0 Å². The highest BCUT2D eigenvalue weighted by Gasteiger charge is 2.21. The Balaban J connectivity index is 3.80. The molecule has 0 bridgehead atoms. The second-order valence-corrected chi connectivity index (χ2v) is 3.35. The smallest absolute Gasteiger partial charge is 0.00868 e. The number of hydrogen-bond acceptors (Lipinski definition) is 1. The molecule has 0 aliphatic carbocycles. The molecule has 0 amide bonds. The van der Waals surface area contributed by atoms with Crippen LogP contribution < -0.4 is 5.32 Å². The Morgan fingerprint density at radius 3 is 2.00 bits per heavy atom. The lowest BCUT2D eigenvalue weighted by molar-refractivity contribution is 0.258. The van der Waals surface area contributed by atoms with Gasteiger partial charge in [0.2, 0.25) is 0 Å². The summed E-state index contributed by atoms with van der Waals surface area (Å²) in [6.45, 7) is 9.03. The molecule has 1 unspecified atom stereocenters. The van der Waals surface area contributed by atoms with Gasteiger partial charge < -0.3 is 5.32 Å². The maximum atomic E-state index is 3.26. The molecule has 1 N–H and O–H groups in total. The molecule has 0 aromatic carbocycles. The molecule has 56 valence electrons. The van der Waals surface area contributed by atoms with E-state index in [1.54, 1.807) is 0 Å². The summed E-state index contributed by atoms with van der Waals surface area (Å²) >= 11 is 0. The lowest BCUT2D eigenvalue weighted by Crippen LogP contribution is -2.36. The van der Waals surface area contributed by atoms with Crippen LogP contribution in [-0.2, 0) is 0 Å². The van der Waals surface area contributed by atoms with Crippen molar-refractivity contribution in [2.24, 2.45) is 5.41 Å². The van der Waals surface area contributed by atoms with Crippen LogP contribution in [0, 0.1) is 5.41 Å². The number of rotatable bonds is 3. The molecule has 9 heavy (non-hydrogen) atoms. The van der Waals surface area contributed by atoms with Crippen molar-refractivity contribution in [2.45, 2.75) is 40.2 Å². The molecule has 0 fully saturated rings. The molecule has 1 atom stereocenters. The van der Waals surface area contributed by atoms with Crippen LogP contribution in [0.2, 0.25) is 0 Å². The van der Waals surface area contributed by atoms with Gasteiger partial charge in [-0.05, 0) is 25.8 Å². The van der Waals surface area contributed by atoms with Crippen LogP contribution in [0.15, 0.2) is 0 Å². The predicted molar refractivity (Wildman–Crippen MR) is 42.6 cm³/mol. The van der Waals surface area contributed by atoms with Crippen molar-refractivity contribution < 1.29 is 0 Å². The Morgan fingerprint density at radius 2 is 1.89 bits per heavy atom. The minimum atomic E-state index is 0.439. The topological polar surface area (TPSA) is 12.0 Å². The zero-order chi connectivity index (χ0) is 7.49.